The van der Waals surface area contributed by atoms with E-state index in [1.807, 2.05) is 6.20 Å². The third-order valence-corrected chi connectivity index (χ3v) is 1.96. The standard InChI is InChI=1S/C10H18N4O/c1-3-7-14-8-6-13-10(14)12-5-4-11-9(2)15/h6,8H,3-5,7H2,1-2H3,(H,11,15)(H,12,13). The first-order chi connectivity index (χ1) is 7.24. The molecule has 0 atom stereocenters. The van der Waals surface area contributed by atoms with Crippen LogP contribution in [0.5, 0.6) is 0 Å². The van der Waals surface area contributed by atoms with Crippen molar-refractivity contribution in [3.05, 3.63) is 12.4 Å². The van der Waals surface area contributed by atoms with E-state index in [4.69, 9.17) is 0 Å². The average molecular weight is 210 g/mol. The van der Waals surface area contributed by atoms with Gasteiger partial charge in [-0.1, -0.05) is 6.92 Å². The Morgan fingerprint density at radius 1 is 1.53 bits per heavy atom. The Morgan fingerprint density at radius 3 is 3.00 bits per heavy atom. The lowest BCUT2D eigenvalue weighted by atomic mass is 10.5. The summed E-state index contributed by atoms with van der Waals surface area (Å²) >= 11 is 0. The van der Waals surface area contributed by atoms with E-state index in [1.165, 1.54) is 6.92 Å². The Kier molecular flexibility index (Phi) is 4.66. The molecule has 0 fully saturated rings. The summed E-state index contributed by atoms with van der Waals surface area (Å²) in [6, 6.07) is 0. The second kappa shape index (κ2) is 6.06. The van der Waals surface area contributed by atoms with Crippen LogP contribution < -0.4 is 10.6 Å². The van der Waals surface area contributed by atoms with Crippen molar-refractivity contribution in [2.45, 2.75) is 26.8 Å². The number of hydrogen-bond acceptors (Lipinski definition) is 3. The highest BCUT2D eigenvalue weighted by Gasteiger charge is 1.99. The number of nitrogens with one attached hydrogen (secondary N) is 2. The van der Waals surface area contributed by atoms with Crippen LogP contribution in [0.15, 0.2) is 12.4 Å². The predicted octanol–water partition coefficient (Wildman–Crippen LogP) is 0.841. The summed E-state index contributed by atoms with van der Waals surface area (Å²) in [6.07, 6.45) is 4.80. The lowest BCUT2D eigenvalue weighted by molar-refractivity contribution is -0.118. The summed E-state index contributed by atoms with van der Waals surface area (Å²) < 4.78 is 2.06. The lowest BCUT2D eigenvalue weighted by Crippen LogP contribution is -2.26. The maximum Gasteiger partial charge on any atom is 0.216 e. The Bertz CT molecular complexity index is 308. The molecule has 2 N–H and O–H groups in total. The van der Waals surface area contributed by atoms with Gasteiger partial charge < -0.3 is 15.2 Å². The van der Waals surface area contributed by atoms with Gasteiger partial charge in [-0.3, -0.25) is 4.79 Å². The van der Waals surface area contributed by atoms with Crippen molar-refractivity contribution in [2.75, 3.05) is 18.4 Å². The van der Waals surface area contributed by atoms with Crippen LogP contribution in [0.4, 0.5) is 5.95 Å². The molecule has 1 amide bonds. The fourth-order valence-corrected chi connectivity index (χ4v) is 1.31. The summed E-state index contributed by atoms with van der Waals surface area (Å²) in [5.41, 5.74) is 0. The predicted molar refractivity (Wildman–Crippen MR) is 59.7 cm³/mol. The SMILES string of the molecule is CCCn1ccnc1NCCNC(C)=O. The number of rotatable bonds is 6. The molecule has 1 aromatic rings. The number of carbonyl (C=O) groups is 1. The van der Waals surface area contributed by atoms with E-state index < -0.39 is 0 Å². The molecular formula is C10H18N4O. The summed E-state index contributed by atoms with van der Waals surface area (Å²) in [6.45, 7) is 5.91. The summed E-state index contributed by atoms with van der Waals surface area (Å²) in [4.78, 5) is 14.8. The zero-order valence-electron chi connectivity index (χ0n) is 9.29. The van der Waals surface area contributed by atoms with Crippen molar-refractivity contribution in [1.82, 2.24) is 14.9 Å². The highest BCUT2D eigenvalue weighted by molar-refractivity contribution is 5.72. The van der Waals surface area contributed by atoms with E-state index in [-0.39, 0.29) is 5.91 Å². The Morgan fingerprint density at radius 2 is 2.33 bits per heavy atom. The fourth-order valence-electron chi connectivity index (χ4n) is 1.31. The van der Waals surface area contributed by atoms with Crippen LogP contribution in [0.3, 0.4) is 0 Å². The third-order valence-electron chi connectivity index (χ3n) is 1.96. The Balaban J connectivity index is 2.30. The maximum absolute atomic E-state index is 10.6. The molecule has 0 saturated heterocycles. The number of carbonyl (C=O) groups excluding carboxylic acids is 1. The molecule has 1 rings (SSSR count). The minimum absolute atomic E-state index is 0.00583. The van der Waals surface area contributed by atoms with Crippen molar-refractivity contribution in [2.24, 2.45) is 0 Å². The molecule has 1 heterocycles. The van der Waals surface area contributed by atoms with Crippen LogP contribution in [-0.4, -0.2) is 28.5 Å². The number of anilines is 1. The van der Waals surface area contributed by atoms with Crippen molar-refractivity contribution < 1.29 is 4.79 Å². The third kappa shape index (κ3) is 4.01. The molecule has 0 aromatic carbocycles. The molecule has 15 heavy (non-hydrogen) atoms. The normalized spacial score (nSPS) is 10.0. The van der Waals surface area contributed by atoms with Gasteiger partial charge >= 0.3 is 0 Å². The molecule has 0 aliphatic heterocycles. The molecule has 0 spiro atoms. The first kappa shape index (κ1) is 11.6. The number of aryl methyl sites for hydroxylation is 1. The van der Waals surface area contributed by atoms with Gasteiger partial charge in [0.2, 0.25) is 11.9 Å². The second-order valence-electron chi connectivity index (χ2n) is 3.35. The fraction of sp³-hybridized carbons (Fsp3) is 0.600. The van der Waals surface area contributed by atoms with Crippen LogP contribution in [-0.2, 0) is 11.3 Å². The Hall–Kier alpha value is -1.52. The molecule has 0 aliphatic carbocycles. The molecule has 0 unspecified atom stereocenters. The van der Waals surface area contributed by atoms with E-state index in [9.17, 15) is 4.79 Å². The second-order valence-corrected chi connectivity index (χ2v) is 3.35. The van der Waals surface area contributed by atoms with E-state index in [1.54, 1.807) is 6.20 Å². The molecule has 5 nitrogen and oxygen atoms in total. The van der Waals surface area contributed by atoms with E-state index >= 15 is 0 Å². The van der Waals surface area contributed by atoms with Gasteiger partial charge in [-0.05, 0) is 6.42 Å². The van der Waals surface area contributed by atoms with Gasteiger partial charge in [0.25, 0.3) is 0 Å². The largest absolute Gasteiger partial charge is 0.355 e. The van der Waals surface area contributed by atoms with Crippen molar-refractivity contribution in [1.29, 1.82) is 0 Å². The first-order valence-electron chi connectivity index (χ1n) is 5.23. The van der Waals surface area contributed by atoms with Crippen molar-refractivity contribution in [3.8, 4) is 0 Å². The number of imidazole rings is 1. The number of hydrogen-bond donors (Lipinski definition) is 2. The van der Waals surface area contributed by atoms with E-state index in [0.717, 1.165) is 18.9 Å². The van der Waals surface area contributed by atoms with Gasteiger partial charge in [0, 0.05) is 39.0 Å². The van der Waals surface area contributed by atoms with Gasteiger partial charge in [-0.25, -0.2) is 4.98 Å². The van der Waals surface area contributed by atoms with Gasteiger partial charge in [0.05, 0.1) is 0 Å². The highest BCUT2D eigenvalue weighted by atomic mass is 16.1. The minimum atomic E-state index is -0.00583. The van der Waals surface area contributed by atoms with Crippen molar-refractivity contribution in [3.63, 3.8) is 0 Å². The van der Waals surface area contributed by atoms with Crippen LogP contribution in [0.2, 0.25) is 0 Å². The molecule has 0 radical (unpaired) electrons. The molecule has 5 heteroatoms. The number of aromatic nitrogens is 2. The van der Waals surface area contributed by atoms with Crippen LogP contribution in [0.25, 0.3) is 0 Å². The first-order valence-corrected chi connectivity index (χ1v) is 5.23. The quantitative estimate of drug-likeness (QED) is 0.684. The molecular weight excluding hydrogens is 192 g/mol. The summed E-state index contributed by atoms with van der Waals surface area (Å²) in [5.74, 6) is 0.857. The molecule has 1 aromatic heterocycles. The van der Waals surface area contributed by atoms with Crippen LogP contribution in [0.1, 0.15) is 20.3 Å². The smallest absolute Gasteiger partial charge is 0.216 e. The lowest BCUT2D eigenvalue weighted by Gasteiger charge is -2.08. The zero-order chi connectivity index (χ0) is 11.1. The van der Waals surface area contributed by atoms with E-state index in [2.05, 4.69) is 27.1 Å². The summed E-state index contributed by atoms with van der Waals surface area (Å²) in [5, 5.41) is 5.89. The molecule has 0 bridgehead atoms. The zero-order valence-corrected chi connectivity index (χ0v) is 9.29. The maximum atomic E-state index is 10.6. The topological polar surface area (TPSA) is 59.0 Å². The van der Waals surface area contributed by atoms with Crippen LogP contribution >= 0.6 is 0 Å². The number of nitrogens with zero attached hydrogens (tertiary/aromatic N) is 2. The Labute approximate surface area is 89.9 Å². The molecule has 0 aliphatic rings. The van der Waals surface area contributed by atoms with Crippen LogP contribution in [0, 0.1) is 0 Å². The van der Waals surface area contributed by atoms with E-state index in [0.29, 0.717) is 13.1 Å². The van der Waals surface area contributed by atoms with Gasteiger partial charge in [0.1, 0.15) is 0 Å². The summed E-state index contributed by atoms with van der Waals surface area (Å²) in [7, 11) is 0. The molecule has 0 saturated carbocycles. The monoisotopic (exact) mass is 210 g/mol. The van der Waals surface area contributed by atoms with Gasteiger partial charge in [0.15, 0.2) is 0 Å². The van der Waals surface area contributed by atoms with Gasteiger partial charge in [-0.15, -0.1) is 0 Å². The minimum Gasteiger partial charge on any atom is -0.355 e. The highest BCUT2D eigenvalue weighted by Crippen LogP contribution is 2.04. The van der Waals surface area contributed by atoms with Crippen molar-refractivity contribution >= 4 is 11.9 Å². The average Bonchev–Trinajstić information content (AvgIpc) is 2.61. The van der Waals surface area contributed by atoms with Gasteiger partial charge in [-0.2, -0.15) is 0 Å². The molecule has 84 valence electrons. The number of amides is 1.